The molecular weight excluding hydrogens is 416 g/mol. The second-order valence-electron chi connectivity index (χ2n) is 6.01. The SMILES string of the molecule is COCCOc1ccc(S(=O)(=O)Nc2cc(C)c(C(=O)CSC(C)=O)cn2)cc1. The first-order chi connectivity index (χ1) is 13.7. The second-order valence-corrected chi connectivity index (χ2v) is 8.84. The van der Waals surface area contributed by atoms with Gasteiger partial charge in [-0.05, 0) is 42.8 Å². The van der Waals surface area contributed by atoms with Crippen LogP contribution in [0.15, 0.2) is 41.4 Å². The van der Waals surface area contributed by atoms with E-state index in [9.17, 15) is 18.0 Å². The molecule has 2 rings (SSSR count). The lowest BCUT2D eigenvalue weighted by Gasteiger charge is -2.11. The first kappa shape index (κ1) is 22.9. The third kappa shape index (κ3) is 6.84. The van der Waals surface area contributed by atoms with Gasteiger partial charge in [-0.15, -0.1) is 0 Å². The molecule has 0 atom stereocenters. The highest BCUT2D eigenvalue weighted by Gasteiger charge is 2.17. The molecule has 0 spiro atoms. The summed E-state index contributed by atoms with van der Waals surface area (Å²) in [6.45, 7) is 3.86. The van der Waals surface area contributed by atoms with Crippen molar-refractivity contribution in [1.82, 2.24) is 4.98 Å². The Balaban J connectivity index is 2.09. The number of hydrogen-bond acceptors (Lipinski definition) is 8. The van der Waals surface area contributed by atoms with Crippen LogP contribution in [-0.2, 0) is 19.6 Å². The summed E-state index contributed by atoms with van der Waals surface area (Å²) in [6.07, 6.45) is 1.31. The molecule has 10 heteroatoms. The van der Waals surface area contributed by atoms with Gasteiger partial charge in [0.1, 0.15) is 18.2 Å². The number of Topliss-reactive ketones (excluding diaryl/α,β-unsaturated/α-hetero) is 1. The Hall–Kier alpha value is -2.43. The van der Waals surface area contributed by atoms with E-state index in [1.54, 1.807) is 26.2 Å². The van der Waals surface area contributed by atoms with Crippen LogP contribution in [-0.4, -0.2) is 50.4 Å². The van der Waals surface area contributed by atoms with Gasteiger partial charge >= 0.3 is 0 Å². The van der Waals surface area contributed by atoms with E-state index in [0.29, 0.717) is 30.1 Å². The summed E-state index contributed by atoms with van der Waals surface area (Å²) in [4.78, 5) is 27.2. The third-order valence-corrected chi connectivity index (χ3v) is 5.93. The number of thioether (sulfide) groups is 1. The van der Waals surface area contributed by atoms with Gasteiger partial charge in [0, 0.05) is 25.8 Å². The molecule has 1 aromatic carbocycles. The summed E-state index contributed by atoms with van der Waals surface area (Å²) in [5, 5.41) is -0.150. The highest BCUT2D eigenvalue weighted by Crippen LogP contribution is 2.20. The number of carbonyl (C=O) groups excluding carboxylic acids is 2. The van der Waals surface area contributed by atoms with Gasteiger partial charge in [0.15, 0.2) is 10.9 Å². The number of nitrogens with zero attached hydrogens (tertiary/aromatic N) is 1. The Morgan fingerprint density at radius 3 is 2.45 bits per heavy atom. The number of aromatic nitrogens is 1. The molecule has 0 saturated carbocycles. The van der Waals surface area contributed by atoms with Crippen LogP contribution in [0.2, 0.25) is 0 Å². The zero-order chi connectivity index (χ0) is 21.4. The molecule has 0 fully saturated rings. The quantitative estimate of drug-likeness (QED) is 0.445. The molecule has 8 nitrogen and oxygen atoms in total. The molecule has 0 radical (unpaired) electrons. The maximum atomic E-state index is 12.6. The Kier molecular flexibility index (Phi) is 8.18. The van der Waals surface area contributed by atoms with E-state index in [1.807, 2.05) is 0 Å². The number of carbonyl (C=O) groups is 2. The number of rotatable bonds is 10. The van der Waals surface area contributed by atoms with Crippen LogP contribution in [0.3, 0.4) is 0 Å². The zero-order valence-electron chi connectivity index (χ0n) is 16.3. The molecule has 0 bridgehead atoms. The third-order valence-electron chi connectivity index (χ3n) is 3.75. The number of methoxy groups -OCH3 is 1. The fourth-order valence-corrected chi connectivity index (χ4v) is 3.79. The molecule has 0 aliphatic carbocycles. The normalized spacial score (nSPS) is 11.1. The summed E-state index contributed by atoms with van der Waals surface area (Å²) in [7, 11) is -2.29. The predicted octanol–water partition coefficient (Wildman–Crippen LogP) is 2.68. The summed E-state index contributed by atoms with van der Waals surface area (Å²) >= 11 is 0.917. The minimum absolute atomic E-state index is 0.0156. The maximum absolute atomic E-state index is 12.6. The van der Waals surface area contributed by atoms with E-state index in [-0.39, 0.29) is 27.4 Å². The molecular formula is C19H22N2O6S2. The molecule has 1 N–H and O–H groups in total. The van der Waals surface area contributed by atoms with Crippen molar-refractivity contribution in [3.05, 3.63) is 47.7 Å². The van der Waals surface area contributed by atoms with Crippen molar-refractivity contribution in [1.29, 1.82) is 0 Å². The molecule has 2 aromatic rings. The Bertz CT molecular complexity index is 975. The van der Waals surface area contributed by atoms with Crippen LogP contribution < -0.4 is 9.46 Å². The number of sulfonamides is 1. The molecule has 1 aromatic heterocycles. The van der Waals surface area contributed by atoms with Crippen LogP contribution in [0.25, 0.3) is 0 Å². The number of anilines is 1. The van der Waals surface area contributed by atoms with Gasteiger partial charge in [0.2, 0.25) is 0 Å². The highest BCUT2D eigenvalue weighted by atomic mass is 32.2. The lowest BCUT2D eigenvalue weighted by Crippen LogP contribution is -2.15. The molecule has 1 heterocycles. The van der Waals surface area contributed by atoms with Gasteiger partial charge in [-0.25, -0.2) is 13.4 Å². The Morgan fingerprint density at radius 2 is 1.86 bits per heavy atom. The molecule has 29 heavy (non-hydrogen) atoms. The van der Waals surface area contributed by atoms with Crippen molar-refractivity contribution in [3.8, 4) is 5.75 Å². The summed E-state index contributed by atoms with van der Waals surface area (Å²) < 4.78 is 37.8. The van der Waals surface area contributed by atoms with Gasteiger partial charge in [-0.1, -0.05) is 11.8 Å². The fraction of sp³-hybridized carbons (Fsp3) is 0.316. The monoisotopic (exact) mass is 438 g/mol. The summed E-state index contributed by atoms with van der Waals surface area (Å²) in [5.41, 5.74) is 0.910. The number of ether oxygens (including phenoxy) is 2. The van der Waals surface area contributed by atoms with Crippen molar-refractivity contribution in [2.24, 2.45) is 0 Å². The minimum Gasteiger partial charge on any atom is -0.491 e. The lowest BCUT2D eigenvalue weighted by atomic mass is 10.1. The first-order valence-corrected chi connectivity index (χ1v) is 11.1. The molecule has 0 aliphatic heterocycles. The van der Waals surface area contributed by atoms with Crippen LogP contribution in [0.4, 0.5) is 5.82 Å². The number of aryl methyl sites for hydroxylation is 1. The summed E-state index contributed by atoms with van der Waals surface area (Å²) in [6, 6.07) is 7.43. The number of nitrogens with one attached hydrogen (secondary N) is 1. The van der Waals surface area contributed by atoms with Crippen LogP contribution in [0.5, 0.6) is 5.75 Å². The molecule has 0 aliphatic rings. The topological polar surface area (TPSA) is 112 Å². The van der Waals surface area contributed by atoms with E-state index in [1.165, 1.54) is 31.3 Å². The fourth-order valence-electron chi connectivity index (χ4n) is 2.30. The smallest absolute Gasteiger partial charge is 0.263 e. The van der Waals surface area contributed by atoms with E-state index in [2.05, 4.69) is 9.71 Å². The van der Waals surface area contributed by atoms with Crippen LogP contribution >= 0.6 is 11.8 Å². The van der Waals surface area contributed by atoms with Crippen molar-refractivity contribution in [2.45, 2.75) is 18.7 Å². The maximum Gasteiger partial charge on any atom is 0.263 e. The average Bonchev–Trinajstić information content (AvgIpc) is 2.66. The largest absolute Gasteiger partial charge is 0.491 e. The number of benzene rings is 1. The second kappa shape index (κ2) is 10.4. The van der Waals surface area contributed by atoms with Crippen molar-refractivity contribution >= 4 is 38.5 Å². The average molecular weight is 439 g/mol. The number of ketones is 1. The van der Waals surface area contributed by atoms with Gasteiger partial charge in [0.05, 0.1) is 17.3 Å². The van der Waals surface area contributed by atoms with Gasteiger partial charge in [-0.2, -0.15) is 0 Å². The Morgan fingerprint density at radius 1 is 1.17 bits per heavy atom. The predicted molar refractivity (Wildman–Crippen MR) is 111 cm³/mol. The van der Waals surface area contributed by atoms with Crippen molar-refractivity contribution in [2.75, 3.05) is 30.8 Å². The molecule has 0 saturated heterocycles. The van der Waals surface area contributed by atoms with Gasteiger partial charge < -0.3 is 9.47 Å². The van der Waals surface area contributed by atoms with Crippen molar-refractivity contribution in [3.63, 3.8) is 0 Å². The van der Waals surface area contributed by atoms with E-state index >= 15 is 0 Å². The molecule has 0 amide bonds. The molecule has 156 valence electrons. The zero-order valence-corrected chi connectivity index (χ0v) is 17.9. The highest BCUT2D eigenvalue weighted by molar-refractivity contribution is 8.14. The molecule has 0 unspecified atom stereocenters. The summed E-state index contributed by atoms with van der Waals surface area (Å²) in [5.74, 6) is 0.399. The number of hydrogen-bond donors (Lipinski definition) is 1. The van der Waals surface area contributed by atoms with Crippen LogP contribution in [0.1, 0.15) is 22.8 Å². The van der Waals surface area contributed by atoms with E-state index in [0.717, 1.165) is 11.8 Å². The van der Waals surface area contributed by atoms with E-state index in [4.69, 9.17) is 9.47 Å². The first-order valence-electron chi connectivity index (χ1n) is 8.61. The van der Waals surface area contributed by atoms with E-state index < -0.39 is 10.0 Å². The number of pyridine rings is 1. The standard InChI is InChI=1S/C19H22N2O6S2/c1-13-10-19(20-11-17(13)18(23)12-28-14(2)22)21-29(24,25)16-6-4-15(5-7-16)27-9-8-26-3/h4-7,10-11H,8-9,12H2,1-3H3,(H,20,21). The van der Waals surface area contributed by atoms with Gasteiger partial charge in [0.25, 0.3) is 10.0 Å². The van der Waals surface area contributed by atoms with Gasteiger partial charge in [-0.3, -0.25) is 14.3 Å². The lowest BCUT2D eigenvalue weighted by molar-refractivity contribution is -0.109. The minimum atomic E-state index is -3.85. The van der Waals surface area contributed by atoms with Crippen molar-refractivity contribution < 1.29 is 27.5 Å². The Labute approximate surface area is 174 Å². The van der Waals surface area contributed by atoms with Crippen LogP contribution in [0, 0.1) is 6.92 Å².